The van der Waals surface area contributed by atoms with E-state index >= 15 is 0 Å². The van der Waals surface area contributed by atoms with Gasteiger partial charge in [0, 0.05) is 25.6 Å². The maximum atomic E-state index is 12.2. The summed E-state index contributed by atoms with van der Waals surface area (Å²) in [4.78, 5) is 14.3. The van der Waals surface area contributed by atoms with Gasteiger partial charge in [0.2, 0.25) is 5.91 Å². The summed E-state index contributed by atoms with van der Waals surface area (Å²) in [6.45, 7) is 7.44. The Balaban J connectivity index is 1.70. The molecule has 4 rings (SSSR count). The van der Waals surface area contributed by atoms with Crippen LogP contribution in [0.3, 0.4) is 0 Å². The highest BCUT2D eigenvalue weighted by molar-refractivity contribution is 5.77. The van der Waals surface area contributed by atoms with Crippen molar-refractivity contribution >= 4 is 5.91 Å². The van der Waals surface area contributed by atoms with Crippen LogP contribution in [-0.4, -0.2) is 29.9 Å². The first-order chi connectivity index (χ1) is 10.8. The summed E-state index contributed by atoms with van der Waals surface area (Å²) in [6, 6.07) is 0.862. The van der Waals surface area contributed by atoms with Crippen molar-refractivity contribution in [3.05, 3.63) is 0 Å². The van der Waals surface area contributed by atoms with Gasteiger partial charge in [0.05, 0.1) is 0 Å². The molecule has 130 valence electrons. The quantitative estimate of drug-likeness (QED) is 0.744. The molecule has 3 saturated carbocycles. The molecule has 1 amide bonds. The number of piperidine rings is 1. The first-order valence-electron chi connectivity index (χ1n) is 9.80. The van der Waals surface area contributed by atoms with Crippen LogP contribution in [0, 0.1) is 34.5 Å². The predicted molar refractivity (Wildman–Crippen MR) is 92.7 cm³/mol. The Bertz CT molecular complexity index is 520. The zero-order chi connectivity index (χ0) is 16.6. The van der Waals surface area contributed by atoms with Crippen molar-refractivity contribution in [1.82, 2.24) is 4.90 Å². The second kappa shape index (κ2) is 4.97. The highest BCUT2D eigenvalue weighted by Gasteiger charge is 2.62. The zero-order valence-corrected chi connectivity index (χ0v) is 15.3. The fraction of sp³-hybridized carbons (Fsp3) is 0.950. The SMILES string of the molecule is CC1CC2N(C)C(=O)CC[C@]2(C)[C@@H]2CC[C@]3(C)C(N)CC[C@H]3[C@H]12. The first kappa shape index (κ1) is 15.9. The molecule has 1 heterocycles. The lowest BCUT2D eigenvalue weighted by Crippen LogP contribution is -2.63. The summed E-state index contributed by atoms with van der Waals surface area (Å²) in [7, 11) is 2.05. The van der Waals surface area contributed by atoms with Gasteiger partial charge in [0.1, 0.15) is 0 Å². The van der Waals surface area contributed by atoms with Crippen LogP contribution in [0.25, 0.3) is 0 Å². The van der Waals surface area contributed by atoms with Gasteiger partial charge in [-0.1, -0.05) is 20.8 Å². The number of likely N-dealkylation sites (tertiary alicyclic amines) is 1. The van der Waals surface area contributed by atoms with E-state index in [0.29, 0.717) is 28.8 Å². The largest absolute Gasteiger partial charge is 0.342 e. The van der Waals surface area contributed by atoms with E-state index < -0.39 is 0 Å². The summed E-state index contributed by atoms with van der Waals surface area (Å²) in [5.41, 5.74) is 7.24. The number of carbonyl (C=O) groups excluding carboxylic acids is 1. The molecule has 2 N–H and O–H groups in total. The third kappa shape index (κ3) is 1.95. The predicted octanol–water partition coefficient (Wildman–Crippen LogP) is 3.42. The van der Waals surface area contributed by atoms with Gasteiger partial charge < -0.3 is 10.6 Å². The van der Waals surface area contributed by atoms with Crippen LogP contribution in [-0.2, 0) is 4.79 Å². The molecule has 4 fully saturated rings. The standard InChI is InChI=1S/C20H34N2O/c1-12-11-16-20(3,10-8-17(23)22(16)4)14-7-9-19(2)13(18(12)14)5-6-15(19)21/h12-16,18H,5-11,21H2,1-4H3/t12?,13-,14+,15?,16?,18-,19-,20+/m0/s1. The molecule has 1 aliphatic heterocycles. The Hall–Kier alpha value is -0.570. The summed E-state index contributed by atoms with van der Waals surface area (Å²) in [5, 5.41) is 0. The lowest BCUT2D eigenvalue weighted by atomic mass is 9.45. The molecular formula is C20H34N2O. The minimum absolute atomic E-state index is 0.327. The Morgan fingerprint density at radius 2 is 1.78 bits per heavy atom. The average Bonchev–Trinajstić information content (AvgIpc) is 2.82. The van der Waals surface area contributed by atoms with Crippen molar-refractivity contribution in [2.45, 2.75) is 77.8 Å². The molecule has 0 aromatic carbocycles. The molecule has 3 unspecified atom stereocenters. The second-order valence-electron chi connectivity index (χ2n) is 9.76. The minimum atomic E-state index is 0.327. The third-order valence-corrected chi connectivity index (χ3v) is 9.00. The topological polar surface area (TPSA) is 46.3 Å². The summed E-state index contributed by atoms with van der Waals surface area (Å²) in [5.74, 6) is 3.51. The second-order valence-corrected chi connectivity index (χ2v) is 9.76. The van der Waals surface area contributed by atoms with E-state index in [0.717, 1.165) is 36.5 Å². The molecule has 3 heteroatoms. The first-order valence-corrected chi connectivity index (χ1v) is 9.80. The van der Waals surface area contributed by atoms with Crippen LogP contribution >= 0.6 is 0 Å². The molecule has 0 spiro atoms. The Morgan fingerprint density at radius 3 is 2.52 bits per heavy atom. The minimum Gasteiger partial charge on any atom is -0.342 e. The molecule has 0 aromatic heterocycles. The maximum Gasteiger partial charge on any atom is 0.222 e. The molecule has 1 saturated heterocycles. The van der Waals surface area contributed by atoms with Crippen LogP contribution in [0.2, 0.25) is 0 Å². The highest BCUT2D eigenvalue weighted by Crippen LogP contribution is 2.65. The van der Waals surface area contributed by atoms with Gasteiger partial charge in [0.15, 0.2) is 0 Å². The van der Waals surface area contributed by atoms with Crippen LogP contribution < -0.4 is 5.73 Å². The molecule has 3 aliphatic carbocycles. The Labute approximate surface area is 141 Å². The van der Waals surface area contributed by atoms with Gasteiger partial charge in [-0.2, -0.15) is 0 Å². The lowest BCUT2D eigenvalue weighted by Gasteiger charge is -2.63. The van der Waals surface area contributed by atoms with Crippen LogP contribution in [0.5, 0.6) is 0 Å². The van der Waals surface area contributed by atoms with Crippen LogP contribution in [0.15, 0.2) is 0 Å². The molecule has 3 nitrogen and oxygen atoms in total. The molecule has 8 atom stereocenters. The maximum absolute atomic E-state index is 12.2. The van der Waals surface area contributed by atoms with Crippen molar-refractivity contribution in [2.24, 2.45) is 40.2 Å². The molecule has 0 aromatic rings. The average molecular weight is 319 g/mol. The molecule has 23 heavy (non-hydrogen) atoms. The zero-order valence-electron chi connectivity index (χ0n) is 15.3. The number of rotatable bonds is 0. The third-order valence-electron chi connectivity index (χ3n) is 9.00. The van der Waals surface area contributed by atoms with E-state index in [1.54, 1.807) is 0 Å². The summed E-state index contributed by atoms with van der Waals surface area (Å²) >= 11 is 0. The molecular weight excluding hydrogens is 284 g/mol. The number of hydrogen-bond donors (Lipinski definition) is 1. The van der Waals surface area contributed by atoms with Crippen molar-refractivity contribution in [3.63, 3.8) is 0 Å². The fourth-order valence-corrected chi connectivity index (χ4v) is 7.50. The van der Waals surface area contributed by atoms with E-state index in [2.05, 4.69) is 32.7 Å². The number of amides is 1. The number of fused-ring (bicyclic) bond motifs is 5. The number of carbonyl (C=O) groups is 1. The van der Waals surface area contributed by atoms with E-state index in [1.165, 1.54) is 32.1 Å². The van der Waals surface area contributed by atoms with Crippen molar-refractivity contribution in [2.75, 3.05) is 7.05 Å². The van der Waals surface area contributed by atoms with Gasteiger partial charge in [0.25, 0.3) is 0 Å². The number of nitrogens with two attached hydrogens (primary N) is 1. The van der Waals surface area contributed by atoms with Gasteiger partial charge in [-0.05, 0) is 73.0 Å². The van der Waals surface area contributed by atoms with E-state index in [4.69, 9.17) is 5.73 Å². The summed E-state index contributed by atoms with van der Waals surface area (Å²) in [6.07, 6.45) is 8.22. The number of hydrogen-bond acceptors (Lipinski definition) is 2. The lowest BCUT2D eigenvalue weighted by molar-refractivity contribution is -0.165. The normalized spacial score (nSPS) is 56.0. The van der Waals surface area contributed by atoms with E-state index in [-0.39, 0.29) is 0 Å². The Morgan fingerprint density at radius 1 is 1.09 bits per heavy atom. The molecule has 0 bridgehead atoms. The van der Waals surface area contributed by atoms with Gasteiger partial charge in [-0.3, -0.25) is 4.79 Å². The molecule has 0 radical (unpaired) electrons. The number of nitrogens with zero attached hydrogens (tertiary/aromatic N) is 1. The Kier molecular flexibility index (Phi) is 3.44. The van der Waals surface area contributed by atoms with E-state index in [9.17, 15) is 4.79 Å². The van der Waals surface area contributed by atoms with Crippen molar-refractivity contribution < 1.29 is 4.79 Å². The fourth-order valence-electron chi connectivity index (χ4n) is 7.50. The van der Waals surface area contributed by atoms with Crippen molar-refractivity contribution in [3.8, 4) is 0 Å². The van der Waals surface area contributed by atoms with Gasteiger partial charge in [-0.25, -0.2) is 0 Å². The van der Waals surface area contributed by atoms with Crippen LogP contribution in [0.4, 0.5) is 0 Å². The van der Waals surface area contributed by atoms with E-state index in [1.807, 2.05) is 0 Å². The van der Waals surface area contributed by atoms with Gasteiger partial charge in [-0.15, -0.1) is 0 Å². The molecule has 4 aliphatic rings. The highest BCUT2D eigenvalue weighted by atomic mass is 16.2. The van der Waals surface area contributed by atoms with Gasteiger partial charge >= 0.3 is 0 Å². The van der Waals surface area contributed by atoms with Crippen molar-refractivity contribution in [1.29, 1.82) is 0 Å². The smallest absolute Gasteiger partial charge is 0.222 e. The monoisotopic (exact) mass is 318 g/mol. The van der Waals surface area contributed by atoms with Crippen LogP contribution in [0.1, 0.15) is 65.7 Å². The summed E-state index contributed by atoms with van der Waals surface area (Å²) < 4.78 is 0.